The number of fused-ring (bicyclic) bond motifs is 1. The van der Waals surface area contributed by atoms with Crippen molar-refractivity contribution in [1.29, 1.82) is 0 Å². The van der Waals surface area contributed by atoms with E-state index in [2.05, 4.69) is 15.8 Å². The number of rotatable bonds is 6. The quantitative estimate of drug-likeness (QED) is 0.454. The maximum absolute atomic E-state index is 12.4. The third kappa shape index (κ3) is 4.45. The number of hydrogen-bond donors (Lipinski definition) is 3. The van der Waals surface area contributed by atoms with E-state index in [4.69, 9.17) is 4.74 Å². The first kappa shape index (κ1) is 18.9. The van der Waals surface area contributed by atoms with Crippen LogP contribution in [0.25, 0.3) is 10.8 Å². The van der Waals surface area contributed by atoms with Crippen molar-refractivity contribution in [2.75, 3.05) is 13.7 Å². The van der Waals surface area contributed by atoms with Crippen LogP contribution in [0, 0.1) is 0 Å². The molecule has 0 aromatic heterocycles. The summed E-state index contributed by atoms with van der Waals surface area (Å²) in [5.41, 5.74) is 3.19. The van der Waals surface area contributed by atoms with Gasteiger partial charge in [-0.1, -0.05) is 36.4 Å². The van der Waals surface area contributed by atoms with Gasteiger partial charge >= 0.3 is 0 Å². The Morgan fingerprint density at radius 1 is 1.11 bits per heavy atom. The zero-order valence-corrected chi connectivity index (χ0v) is 15.2. The highest BCUT2D eigenvalue weighted by Crippen LogP contribution is 2.21. The van der Waals surface area contributed by atoms with Gasteiger partial charge in [-0.05, 0) is 35.0 Å². The van der Waals surface area contributed by atoms with Gasteiger partial charge in [-0.15, -0.1) is 0 Å². The molecular formula is C21H19N3O4. The van der Waals surface area contributed by atoms with Crippen LogP contribution in [0.15, 0.2) is 65.8 Å². The average Bonchev–Trinajstić information content (AvgIpc) is 2.73. The number of nitrogens with zero attached hydrogens (tertiary/aromatic N) is 1. The first-order valence-corrected chi connectivity index (χ1v) is 8.53. The largest absolute Gasteiger partial charge is 0.507 e. The molecule has 0 atom stereocenters. The molecule has 0 aliphatic rings. The first-order valence-electron chi connectivity index (χ1n) is 8.53. The van der Waals surface area contributed by atoms with Gasteiger partial charge in [-0.3, -0.25) is 9.59 Å². The zero-order valence-electron chi connectivity index (χ0n) is 15.2. The molecule has 28 heavy (non-hydrogen) atoms. The number of hydrogen-bond acceptors (Lipinski definition) is 5. The molecule has 0 saturated heterocycles. The molecule has 2 amide bonds. The molecule has 3 rings (SSSR count). The Bertz CT molecular complexity index is 1040. The second-order valence-electron chi connectivity index (χ2n) is 5.93. The predicted molar refractivity (Wildman–Crippen MR) is 107 cm³/mol. The number of aromatic hydroxyl groups is 1. The Kier molecular flexibility index (Phi) is 5.86. The average molecular weight is 377 g/mol. The molecule has 0 fully saturated rings. The number of amides is 2. The summed E-state index contributed by atoms with van der Waals surface area (Å²) in [6.07, 6.45) is 1.29. The van der Waals surface area contributed by atoms with Crippen molar-refractivity contribution in [1.82, 2.24) is 10.7 Å². The first-order chi connectivity index (χ1) is 13.6. The molecule has 0 radical (unpaired) electrons. The smallest absolute Gasteiger partial charge is 0.259 e. The van der Waals surface area contributed by atoms with Gasteiger partial charge < -0.3 is 15.2 Å². The number of hydrazone groups is 1. The molecule has 3 N–H and O–H groups in total. The molecule has 0 saturated carbocycles. The molecular weight excluding hydrogens is 358 g/mol. The Hall–Kier alpha value is -3.87. The monoisotopic (exact) mass is 377 g/mol. The van der Waals surface area contributed by atoms with Crippen LogP contribution in [-0.2, 0) is 4.79 Å². The summed E-state index contributed by atoms with van der Waals surface area (Å²) in [6.45, 7) is -0.233. The maximum atomic E-state index is 12.4. The summed E-state index contributed by atoms with van der Waals surface area (Å²) >= 11 is 0. The minimum absolute atomic E-state index is 0.00283. The summed E-state index contributed by atoms with van der Waals surface area (Å²) in [5.74, 6) is -0.287. The molecule has 0 unspecified atom stereocenters. The fraction of sp³-hybridized carbons (Fsp3) is 0.0952. The van der Waals surface area contributed by atoms with Crippen molar-refractivity contribution >= 4 is 28.8 Å². The number of ether oxygens (including phenoxy) is 1. The van der Waals surface area contributed by atoms with Gasteiger partial charge in [0.1, 0.15) is 11.5 Å². The van der Waals surface area contributed by atoms with E-state index in [0.717, 1.165) is 10.8 Å². The van der Waals surface area contributed by atoms with Crippen LogP contribution in [0.5, 0.6) is 11.5 Å². The second kappa shape index (κ2) is 8.68. The highest BCUT2D eigenvalue weighted by Gasteiger charge is 2.10. The van der Waals surface area contributed by atoms with Crippen LogP contribution < -0.4 is 15.5 Å². The number of nitrogens with one attached hydrogen (secondary N) is 2. The standard InChI is InChI=1S/C21H19N3O4/c1-28-16-9-10-19(25)15(11-16)12-23-24-20(26)13-22-21(27)18-8-4-6-14-5-2-3-7-17(14)18/h2-12,25H,13H2,1H3,(H,22,27)(H,24,26). The zero-order chi connectivity index (χ0) is 19.9. The molecule has 7 heteroatoms. The van der Waals surface area contributed by atoms with Crippen LogP contribution in [0.3, 0.4) is 0 Å². The lowest BCUT2D eigenvalue weighted by atomic mass is 10.0. The molecule has 0 spiro atoms. The van der Waals surface area contributed by atoms with E-state index >= 15 is 0 Å². The van der Waals surface area contributed by atoms with Crippen LogP contribution in [0.4, 0.5) is 0 Å². The third-order valence-corrected chi connectivity index (χ3v) is 4.07. The molecule has 0 aliphatic carbocycles. The molecule has 0 bridgehead atoms. The van der Waals surface area contributed by atoms with E-state index in [9.17, 15) is 14.7 Å². The Balaban J connectivity index is 1.58. The minimum Gasteiger partial charge on any atom is -0.507 e. The molecule has 0 aliphatic heterocycles. The lowest BCUT2D eigenvalue weighted by Gasteiger charge is -2.07. The number of carbonyl (C=O) groups is 2. The van der Waals surface area contributed by atoms with E-state index in [1.54, 1.807) is 24.3 Å². The van der Waals surface area contributed by atoms with Crippen LogP contribution in [0.2, 0.25) is 0 Å². The maximum Gasteiger partial charge on any atom is 0.259 e. The van der Waals surface area contributed by atoms with Gasteiger partial charge in [0.15, 0.2) is 0 Å². The van der Waals surface area contributed by atoms with Crippen LogP contribution in [0.1, 0.15) is 15.9 Å². The van der Waals surface area contributed by atoms with E-state index in [0.29, 0.717) is 16.9 Å². The number of phenolic OH excluding ortho intramolecular Hbond substituents is 1. The lowest BCUT2D eigenvalue weighted by molar-refractivity contribution is -0.120. The summed E-state index contributed by atoms with van der Waals surface area (Å²) < 4.78 is 5.07. The third-order valence-electron chi connectivity index (χ3n) is 4.07. The fourth-order valence-corrected chi connectivity index (χ4v) is 2.66. The number of carbonyl (C=O) groups excluding carboxylic acids is 2. The molecule has 3 aromatic rings. The van der Waals surface area contributed by atoms with Crippen LogP contribution >= 0.6 is 0 Å². The van der Waals surface area contributed by atoms with Crippen molar-refractivity contribution in [2.45, 2.75) is 0 Å². The lowest BCUT2D eigenvalue weighted by Crippen LogP contribution is -2.35. The summed E-state index contributed by atoms with van der Waals surface area (Å²) in [5, 5.41) is 17.9. The Morgan fingerprint density at radius 2 is 1.89 bits per heavy atom. The van der Waals surface area contributed by atoms with Gasteiger partial charge in [0.25, 0.3) is 11.8 Å². The van der Waals surface area contributed by atoms with Gasteiger partial charge in [-0.25, -0.2) is 5.43 Å². The fourth-order valence-electron chi connectivity index (χ4n) is 2.66. The van der Waals surface area contributed by atoms with E-state index < -0.39 is 5.91 Å². The van der Waals surface area contributed by atoms with Gasteiger partial charge in [0.05, 0.1) is 19.9 Å². The summed E-state index contributed by atoms with van der Waals surface area (Å²) in [4.78, 5) is 24.3. The van der Waals surface area contributed by atoms with Crippen molar-refractivity contribution in [3.8, 4) is 11.5 Å². The number of benzene rings is 3. The number of methoxy groups -OCH3 is 1. The Morgan fingerprint density at radius 3 is 2.71 bits per heavy atom. The van der Waals surface area contributed by atoms with E-state index in [1.807, 2.05) is 30.3 Å². The Labute approximate surface area is 161 Å². The van der Waals surface area contributed by atoms with Gasteiger partial charge in [-0.2, -0.15) is 5.10 Å². The summed E-state index contributed by atoms with van der Waals surface area (Å²) in [7, 11) is 1.51. The van der Waals surface area contributed by atoms with E-state index in [-0.39, 0.29) is 18.2 Å². The topological polar surface area (TPSA) is 100 Å². The minimum atomic E-state index is -0.493. The molecule has 3 aromatic carbocycles. The highest BCUT2D eigenvalue weighted by molar-refractivity contribution is 6.07. The molecule has 142 valence electrons. The normalized spacial score (nSPS) is 10.8. The molecule has 7 nitrogen and oxygen atoms in total. The highest BCUT2D eigenvalue weighted by atomic mass is 16.5. The van der Waals surface area contributed by atoms with Gasteiger partial charge in [0, 0.05) is 11.1 Å². The second-order valence-corrected chi connectivity index (χ2v) is 5.93. The SMILES string of the molecule is COc1ccc(O)c(C=NNC(=O)CNC(=O)c2cccc3ccccc23)c1. The van der Waals surface area contributed by atoms with Crippen LogP contribution in [-0.4, -0.2) is 36.8 Å². The molecule has 0 heterocycles. The van der Waals surface area contributed by atoms with E-state index in [1.165, 1.54) is 19.4 Å². The van der Waals surface area contributed by atoms with Crippen molar-refractivity contribution in [3.63, 3.8) is 0 Å². The van der Waals surface area contributed by atoms with Crippen molar-refractivity contribution in [3.05, 3.63) is 71.8 Å². The van der Waals surface area contributed by atoms with Gasteiger partial charge in [0.2, 0.25) is 0 Å². The van der Waals surface area contributed by atoms with Crippen molar-refractivity contribution in [2.24, 2.45) is 5.10 Å². The van der Waals surface area contributed by atoms with Crippen molar-refractivity contribution < 1.29 is 19.4 Å². The number of phenols is 1. The predicted octanol–water partition coefficient (Wildman–Crippen LogP) is 2.43. The summed E-state index contributed by atoms with van der Waals surface area (Å²) in [6, 6.07) is 17.6.